The Kier molecular flexibility index (Phi) is 7.99. The molecule has 0 amide bonds. The van der Waals surface area contributed by atoms with Gasteiger partial charge in [0.05, 0.1) is 11.8 Å². The minimum absolute atomic E-state index is 0.0271. The van der Waals surface area contributed by atoms with Crippen LogP contribution in [0.5, 0.6) is 0 Å². The summed E-state index contributed by atoms with van der Waals surface area (Å²) in [5.74, 6) is -2.15. The van der Waals surface area contributed by atoms with Crippen molar-refractivity contribution in [2.75, 3.05) is 13.2 Å². The molecule has 160 valence electrons. The first-order valence-corrected chi connectivity index (χ1v) is 9.74. The average Bonchev–Trinajstić information content (AvgIpc) is 3.31. The van der Waals surface area contributed by atoms with Gasteiger partial charge in [-0.05, 0) is 44.9 Å². The quantitative estimate of drug-likeness (QED) is 0.307. The third kappa shape index (κ3) is 6.17. The van der Waals surface area contributed by atoms with E-state index in [0.29, 0.717) is 12.8 Å². The maximum atomic E-state index is 12.4. The van der Waals surface area contributed by atoms with Crippen LogP contribution in [0.2, 0.25) is 0 Å². The summed E-state index contributed by atoms with van der Waals surface area (Å²) < 4.78 is 20.5. The molecule has 0 saturated heterocycles. The van der Waals surface area contributed by atoms with Crippen LogP contribution in [0, 0.1) is 23.7 Å². The largest absolute Gasteiger partial charge is 0.459 e. The molecular weight excluding hydrogens is 380 g/mol. The van der Waals surface area contributed by atoms with Crippen molar-refractivity contribution in [2.24, 2.45) is 23.7 Å². The molecule has 8 heteroatoms. The highest BCUT2D eigenvalue weighted by Gasteiger charge is 2.52. The monoisotopic (exact) mass is 408 g/mol. The number of esters is 4. The van der Waals surface area contributed by atoms with Gasteiger partial charge in [-0.1, -0.05) is 13.2 Å². The third-order valence-electron chi connectivity index (χ3n) is 5.35. The summed E-state index contributed by atoms with van der Waals surface area (Å²) in [5.41, 5.74) is 0. The van der Waals surface area contributed by atoms with Crippen LogP contribution < -0.4 is 0 Å². The lowest BCUT2D eigenvalue weighted by molar-refractivity contribution is -0.165. The predicted octanol–water partition coefficient (Wildman–Crippen LogP) is 1.97. The minimum atomic E-state index is -0.567. The van der Waals surface area contributed by atoms with Gasteiger partial charge in [0.15, 0.2) is 0 Å². The molecule has 2 rings (SSSR count). The number of carbonyl (C=O) groups excluding carboxylic acids is 4. The van der Waals surface area contributed by atoms with E-state index in [1.807, 2.05) is 0 Å². The van der Waals surface area contributed by atoms with Gasteiger partial charge < -0.3 is 18.9 Å². The first-order chi connectivity index (χ1) is 13.7. The van der Waals surface area contributed by atoms with E-state index in [2.05, 4.69) is 13.2 Å². The highest BCUT2D eigenvalue weighted by Crippen LogP contribution is 2.52. The molecule has 0 spiro atoms. The van der Waals surface area contributed by atoms with Crippen LogP contribution in [0.25, 0.3) is 0 Å². The van der Waals surface area contributed by atoms with Crippen LogP contribution in [0.3, 0.4) is 0 Å². The van der Waals surface area contributed by atoms with Gasteiger partial charge in [-0.15, -0.1) is 0 Å². The Morgan fingerprint density at radius 1 is 0.793 bits per heavy atom. The summed E-state index contributed by atoms with van der Waals surface area (Å²) in [5, 5.41) is 0. The van der Waals surface area contributed by atoms with Gasteiger partial charge >= 0.3 is 23.9 Å². The number of ether oxygens (including phenoxy) is 4. The molecule has 2 aliphatic rings. The van der Waals surface area contributed by atoms with Gasteiger partial charge in [-0.25, -0.2) is 9.59 Å². The number of hydrogen-bond donors (Lipinski definition) is 0. The molecule has 0 radical (unpaired) electrons. The highest BCUT2D eigenvalue weighted by atomic mass is 16.6. The van der Waals surface area contributed by atoms with Crippen LogP contribution in [0.15, 0.2) is 25.3 Å². The smallest absolute Gasteiger partial charge is 0.330 e. The average molecular weight is 408 g/mol. The van der Waals surface area contributed by atoms with Gasteiger partial charge in [0.1, 0.15) is 25.4 Å². The molecule has 2 bridgehead atoms. The molecular formula is C21H28O8. The van der Waals surface area contributed by atoms with Crippen molar-refractivity contribution >= 4 is 23.9 Å². The van der Waals surface area contributed by atoms with E-state index in [4.69, 9.17) is 18.9 Å². The lowest BCUT2D eigenvalue weighted by atomic mass is 9.82. The first-order valence-electron chi connectivity index (χ1n) is 9.74. The fraction of sp³-hybridized carbons (Fsp3) is 0.619. The second kappa shape index (κ2) is 10.2. The number of fused-ring (bicyclic) bond motifs is 2. The summed E-state index contributed by atoms with van der Waals surface area (Å²) in [6, 6.07) is 0. The van der Waals surface area contributed by atoms with Crippen LogP contribution in [-0.2, 0) is 38.1 Å². The maximum Gasteiger partial charge on any atom is 0.330 e. The molecule has 6 unspecified atom stereocenters. The normalized spacial score (nSPS) is 26.7. The van der Waals surface area contributed by atoms with Gasteiger partial charge in [0, 0.05) is 12.2 Å². The van der Waals surface area contributed by atoms with E-state index in [1.165, 1.54) is 0 Å². The molecule has 0 N–H and O–H groups in total. The second-order valence-electron chi connectivity index (χ2n) is 7.60. The van der Waals surface area contributed by atoms with E-state index in [0.717, 1.165) is 18.6 Å². The SMILES string of the molecule is C=CC(=O)OCC(C)OC(=O)C1CC2CC1CC2C(=O)OC(C)COC(=O)C=C. The van der Waals surface area contributed by atoms with E-state index in [1.54, 1.807) is 13.8 Å². The standard InChI is InChI=1S/C21H28O8/c1-5-18(22)26-10-12(3)28-20(24)16-8-15-7-14(16)9-17(15)21(25)29-13(4)11-27-19(23)6-2/h5-6,12-17H,1-2,7-11H2,3-4H3. The van der Waals surface area contributed by atoms with Gasteiger partial charge in [-0.3, -0.25) is 9.59 Å². The van der Waals surface area contributed by atoms with Crippen molar-refractivity contribution in [3.05, 3.63) is 25.3 Å². The molecule has 2 saturated carbocycles. The van der Waals surface area contributed by atoms with Crippen molar-refractivity contribution in [2.45, 2.75) is 45.3 Å². The molecule has 0 aromatic carbocycles. The molecule has 0 aromatic heterocycles. The topological polar surface area (TPSA) is 105 Å². The molecule has 0 aromatic rings. The number of carbonyl (C=O) groups is 4. The van der Waals surface area contributed by atoms with Gasteiger partial charge in [-0.2, -0.15) is 0 Å². The zero-order chi connectivity index (χ0) is 21.6. The first kappa shape index (κ1) is 22.6. The van der Waals surface area contributed by atoms with Crippen LogP contribution in [0.1, 0.15) is 33.1 Å². The number of rotatable bonds is 10. The molecule has 0 heterocycles. The van der Waals surface area contributed by atoms with E-state index < -0.39 is 24.1 Å². The zero-order valence-electron chi connectivity index (χ0n) is 16.8. The molecule has 2 aliphatic carbocycles. The molecule has 29 heavy (non-hydrogen) atoms. The van der Waals surface area contributed by atoms with Crippen LogP contribution in [-0.4, -0.2) is 49.3 Å². The summed E-state index contributed by atoms with van der Waals surface area (Å²) in [4.78, 5) is 47.0. The van der Waals surface area contributed by atoms with Crippen molar-refractivity contribution in [1.82, 2.24) is 0 Å². The molecule has 8 nitrogen and oxygen atoms in total. The maximum absolute atomic E-state index is 12.4. The van der Waals surface area contributed by atoms with E-state index in [-0.39, 0.29) is 48.8 Å². The second-order valence-corrected chi connectivity index (χ2v) is 7.60. The van der Waals surface area contributed by atoms with Crippen molar-refractivity contribution < 1.29 is 38.1 Å². The van der Waals surface area contributed by atoms with Crippen molar-refractivity contribution in [3.63, 3.8) is 0 Å². The summed E-state index contributed by atoms with van der Waals surface area (Å²) in [6.45, 7) is 9.86. The lowest BCUT2D eigenvalue weighted by Gasteiger charge is -2.27. The molecule has 6 atom stereocenters. The van der Waals surface area contributed by atoms with Crippen LogP contribution in [0.4, 0.5) is 0 Å². The van der Waals surface area contributed by atoms with Gasteiger partial charge in [0.25, 0.3) is 0 Å². The lowest BCUT2D eigenvalue weighted by Crippen LogP contribution is -2.34. The Bertz CT molecular complexity index is 614. The Labute approximate surface area is 170 Å². The van der Waals surface area contributed by atoms with Crippen molar-refractivity contribution in [3.8, 4) is 0 Å². The Balaban J connectivity index is 1.76. The number of hydrogen-bond acceptors (Lipinski definition) is 8. The fourth-order valence-corrected chi connectivity index (χ4v) is 4.01. The summed E-state index contributed by atoms with van der Waals surface area (Å²) in [7, 11) is 0. The predicted molar refractivity (Wildman–Crippen MR) is 101 cm³/mol. The minimum Gasteiger partial charge on any atom is -0.459 e. The third-order valence-corrected chi connectivity index (χ3v) is 5.35. The zero-order valence-corrected chi connectivity index (χ0v) is 16.8. The van der Waals surface area contributed by atoms with Crippen LogP contribution >= 0.6 is 0 Å². The highest BCUT2D eigenvalue weighted by molar-refractivity contribution is 5.81. The van der Waals surface area contributed by atoms with E-state index >= 15 is 0 Å². The Morgan fingerprint density at radius 2 is 1.17 bits per heavy atom. The fourth-order valence-electron chi connectivity index (χ4n) is 4.01. The Morgan fingerprint density at radius 3 is 1.48 bits per heavy atom. The summed E-state index contributed by atoms with van der Waals surface area (Å²) in [6.07, 6.45) is 2.92. The van der Waals surface area contributed by atoms with Gasteiger partial charge in [0.2, 0.25) is 0 Å². The molecule has 2 fully saturated rings. The van der Waals surface area contributed by atoms with E-state index in [9.17, 15) is 19.2 Å². The summed E-state index contributed by atoms with van der Waals surface area (Å²) >= 11 is 0. The van der Waals surface area contributed by atoms with Crippen molar-refractivity contribution in [1.29, 1.82) is 0 Å². The Hall–Kier alpha value is -2.64. The molecule has 0 aliphatic heterocycles.